The summed E-state index contributed by atoms with van der Waals surface area (Å²) in [7, 11) is 0. The molecule has 0 saturated heterocycles. The lowest BCUT2D eigenvalue weighted by molar-refractivity contribution is -0.190. The second-order valence-corrected chi connectivity index (χ2v) is 10.4. The fourth-order valence-electron chi connectivity index (χ4n) is 3.28. The molecule has 0 rings (SSSR count). The molecule has 0 aromatic heterocycles. The molecule has 0 aromatic rings. The van der Waals surface area contributed by atoms with Crippen LogP contribution in [0.4, 0.5) is 8.78 Å². The van der Waals surface area contributed by atoms with Gasteiger partial charge in [-0.2, -0.15) is 8.78 Å². The van der Waals surface area contributed by atoms with Crippen molar-refractivity contribution < 1.29 is 27.8 Å². The van der Waals surface area contributed by atoms with Crippen LogP contribution in [0.15, 0.2) is 11.6 Å². The maximum Gasteiger partial charge on any atom is 0.337 e. The van der Waals surface area contributed by atoms with Crippen molar-refractivity contribution in [1.82, 2.24) is 0 Å². The summed E-state index contributed by atoms with van der Waals surface area (Å²) >= 11 is 0. The molecule has 0 saturated carbocycles. The van der Waals surface area contributed by atoms with E-state index in [0.29, 0.717) is 12.8 Å². The van der Waals surface area contributed by atoms with E-state index in [1.54, 1.807) is 34.6 Å². The molecule has 0 aliphatic carbocycles. The van der Waals surface area contributed by atoms with E-state index in [2.05, 4.69) is 13.8 Å². The largest absolute Gasteiger partial charge is 0.425 e. The van der Waals surface area contributed by atoms with E-state index in [0.717, 1.165) is 44.6 Å². The Labute approximate surface area is 194 Å². The summed E-state index contributed by atoms with van der Waals surface area (Å²) in [6, 6.07) is 0. The number of ether oxygens (including phenoxy) is 2. The molecular formula is C26H46F2O4. The van der Waals surface area contributed by atoms with Crippen molar-refractivity contribution in [3.8, 4) is 0 Å². The summed E-state index contributed by atoms with van der Waals surface area (Å²) in [4.78, 5) is 25.3. The number of hydrogen-bond acceptors (Lipinski definition) is 4. The first-order valence-electron chi connectivity index (χ1n) is 12.1. The van der Waals surface area contributed by atoms with Crippen LogP contribution in [0.25, 0.3) is 0 Å². The second kappa shape index (κ2) is 13.3. The van der Waals surface area contributed by atoms with E-state index < -0.39 is 40.9 Å². The van der Waals surface area contributed by atoms with Crippen molar-refractivity contribution in [3.05, 3.63) is 11.6 Å². The van der Waals surface area contributed by atoms with Crippen molar-refractivity contribution in [2.45, 2.75) is 125 Å². The number of carbonyl (C=O) groups is 2. The molecule has 188 valence electrons. The Kier molecular flexibility index (Phi) is 12.7. The quantitative estimate of drug-likeness (QED) is 0.150. The Balaban J connectivity index is 5.39. The van der Waals surface area contributed by atoms with Gasteiger partial charge in [-0.15, -0.1) is 0 Å². The third-order valence-electron chi connectivity index (χ3n) is 6.12. The molecule has 0 aromatic carbocycles. The van der Waals surface area contributed by atoms with Crippen LogP contribution in [-0.2, 0) is 19.1 Å². The topological polar surface area (TPSA) is 52.6 Å². The smallest absolute Gasteiger partial charge is 0.337 e. The minimum atomic E-state index is -2.18. The van der Waals surface area contributed by atoms with Crippen molar-refractivity contribution in [2.75, 3.05) is 0 Å². The van der Waals surface area contributed by atoms with Crippen LogP contribution >= 0.6 is 0 Å². The van der Waals surface area contributed by atoms with Gasteiger partial charge in [-0.05, 0) is 18.3 Å². The predicted molar refractivity (Wildman–Crippen MR) is 125 cm³/mol. The van der Waals surface area contributed by atoms with Gasteiger partial charge < -0.3 is 9.47 Å². The Bertz CT molecular complexity index is 618. The highest BCUT2D eigenvalue weighted by Gasteiger charge is 2.39. The SMILES string of the molecule is CCCCCC(C)C(C)(F)OC(=O)/C=C(/C(=O)OC(C)(F)C(C)CCCCC)C(C)(C)C. The van der Waals surface area contributed by atoms with E-state index in [4.69, 9.17) is 9.47 Å². The van der Waals surface area contributed by atoms with Crippen LogP contribution in [-0.4, -0.2) is 23.6 Å². The lowest BCUT2D eigenvalue weighted by Crippen LogP contribution is -2.37. The van der Waals surface area contributed by atoms with Crippen molar-refractivity contribution in [1.29, 1.82) is 0 Å². The van der Waals surface area contributed by atoms with E-state index in [-0.39, 0.29) is 5.57 Å². The lowest BCUT2D eigenvalue weighted by atomic mass is 9.86. The molecule has 4 nitrogen and oxygen atoms in total. The third-order valence-corrected chi connectivity index (χ3v) is 6.12. The van der Waals surface area contributed by atoms with Gasteiger partial charge >= 0.3 is 11.9 Å². The molecule has 0 fully saturated rings. The molecule has 4 unspecified atom stereocenters. The molecule has 0 N–H and O–H groups in total. The molecular weight excluding hydrogens is 414 g/mol. The summed E-state index contributed by atoms with van der Waals surface area (Å²) in [6.07, 6.45) is 7.78. The highest BCUT2D eigenvalue weighted by atomic mass is 19.2. The summed E-state index contributed by atoms with van der Waals surface area (Å²) in [6.45, 7) is 15.1. The number of halogens is 2. The molecule has 0 heterocycles. The number of carbonyl (C=O) groups excluding carboxylic acids is 2. The molecule has 32 heavy (non-hydrogen) atoms. The second-order valence-electron chi connectivity index (χ2n) is 10.4. The minimum Gasteiger partial charge on any atom is -0.425 e. The van der Waals surface area contributed by atoms with Gasteiger partial charge in [-0.1, -0.05) is 87.0 Å². The molecule has 4 atom stereocenters. The molecule has 6 heteroatoms. The van der Waals surface area contributed by atoms with Gasteiger partial charge in [0.05, 0.1) is 0 Å². The molecule has 0 amide bonds. The number of hydrogen-bond donors (Lipinski definition) is 0. The van der Waals surface area contributed by atoms with Gasteiger partial charge in [0.1, 0.15) is 0 Å². The van der Waals surface area contributed by atoms with Gasteiger partial charge in [0, 0.05) is 37.3 Å². The van der Waals surface area contributed by atoms with Gasteiger partial charge in [-0.3, -0.25) is 0 Å². The minimum absolute atomic E-state index is 0.0541. The zero-order valence-corrected chi connectivity index (χ0v) is 21.8. The first kappa shape index (κ1) is 30.5. The van der Waals surface area contributed by atoms with Crippen molar-refractivity contribution in [3.63, 3.8) is 0 Å². The summed E-state index contributed by atoms with van der Waals surface area (Å²) in [5.41, 5.74) is -0.876. The fourth-order valence-corrected chi connectivity index (χ4v) is 3.28. The van der Waals surface area contributed by atoms with E-state index in [1.807, 2.05) is 0 Å². The van der Waals surface area contributed by atoms with E-state index in [1.165, 1.54) is 13.8 Å². The van der Waals surface area contributed by atoms with Crippen molar-refractivity contribution >= 4 is 11.9 Å². The highest BCUT2D eigenvalue weighted by Crippen LogP contribution is 2.34. The number of esters is 2. The summed E-state index contributed by atoms with van der Waals surface area (Å²) < 4.78 is 40.4. The van der Waals surface area contributed by atoms with E-state index >= 15 is 4.39 Å². The van der Waals surface area contributed by atoms with E-state index in [9.17, 15) is 14.0 Å². The van der Waals surface area contributed by atoms with Crippen molar-refractivity contribution in [2.24, 2.45) is 17.3 Å². The van der Waals surface area contributed by atoms with Crippen LogP contribution in [0.5, 0.6) is 0 Å². The lowest BCUT2D eigenvalue weighted by Gasteiger charge is -2.30. The Morgan fingerprint density at radius 3 is 1.56 bits per heavy atom. The normalized spacial score (nSPS) is 18.3. The number of unbranched alkanes of at least 4 members (excludes halogenated alkanes) is 4. The Morgan fingerprint density at radius 1 is 0.781 bits per heavy atom. The maximum atomic E-state index is 15.1. The Morgan fingerprint density at radius 2 is 1.19 bits per heavy atom. The monoisotopic (exact) mass is 460 g/mol. The van der Waals surface area contributed by atoms with Gasteiger partial charge in [0.15, 0.2) is 0 Å². The molecule has 0 radical (unpaired) electrons. The summed E-state index contributed by atoms with van der Waals surface area (Å²) in [5.74, 6) is -7.24. The van der Waals surface area contributed by atoms with Crippen LogP contribution in [0.1, 0.15) is 114 Å². The summed E-state index contributed by atoms with van der Waals surface area (Å²) in [5, 5.41) is 0. The molecule has 0 bridgehead atoms. The number of alkyl halides is 2. The zero-order chi connectivity index (χ0) is 25.2. The Hall–Kier alpha value is -1.46. The van der Waals surface area contributed by atoms with Crippen LogP contribution in [0.3, 0.4) is 0 Å². The predicted octanol–water partition coefficient (Wildman–Crippen LogP) is 7.85. The fraction of sp³-hybridized carbons (Fsp3) is 0.846. The first-order chi connectivity index (χ1) is 14.6. The first-order valence-corrected chi connectivity index (χ1v) is 12.1. The number of rotatable bonds is 14. The molecule has 0 spiro atoms. The molecule has 0 aliphatic rings. The molecule has 0 aliphatic heterocycles. The standard InChI is InChI=1S/C26H46F2O4/c1-10-12-14-16-19(3)25(8,27)31-22(29)18-21(24(5,6)7)23(30)32-26(9,28)20(4)17-15-13-11-2/h18-20H,10-17H2,1-9H3/b21-18-. The third kappa shape index (κ3) is 10.9. The van der Waals surface area contributed by atoms with Gasteiger partial charge in [0.2, 0.25) is 0 Å². The average molecular weight is 461 g/mol. The highest BCUT2D eigenvalue weighted by molar-refractivity contribution is 5.97. The zero-order valence-electron chi connectivity index (χ0n) is 21.8. The van der Waals surface area contributed by atoms with Crippen LogP contribution in [0, 0.1) is 17.3 Å². The average Bonchev–Trinajstić information content (AvgIpc) is 2.64. The van der Waals surface area contributed by atoms with Crippen LogP contribution in [0.2, 0.25) is 0 Å². The van der Waals surface area contributed by atoms with Crippen LogP contribution < -0.4 is 0 Å². The van der Waals surface area contributed by atoms with Gasteiger partial charge in [-0.25, -0.2) is 9.59 Å². The van der Waals surface area contributed by atoms with Gasteiger partial charge in [0.25, 0.3) is 11.7 Å². The maximum absolute atomic E-state index is 15.1.